The average molecular weight is 298 g/mol. The standard InChI is InChI=1S/C16H30N2O3/c1-14(2)9-7-11(8-10-14)17-13(21)18-16(5,6)15(3,4)12(19)20/h11H,7-10H2,1-6H3,(H,19,20)(H2,17,18,21). The Labute approximate surface area is 127 Å². The van der Waals surface area contributed by atoms with E-state index in [0.717, 1.165) is 25.7 Å². The van der Waals surface area contributed by atoms with Gasteiger partial charge in [0.1, 0.15) is 0 Å². The molecule has 0 aromatic heterocycles. The number of carbonyl (C=O) groups excluding carboxylic acids is 1. The highest BCUT2D eigenvalue weighted by atomic mass is 16.4. The van der Waals surface area contributed by atoms with Gasteiger partial charge >= 0.3 is 12.0 Å². The first-order valence-corrected chi connectivity index (χ1v) is 7.69. The van der Waals surface area contributed by atoms with Crippen LogP contribution in [-0.4, -0.2) is 28.7 Å². The van der Waals surface area contributed by atoms with Crippen LogP contribution in [0.2, 0.25) is 0 Å². The van der Waals surface area contributed by atoms with Crippen molar-refractivity contribution in [1.82, 2.24) is 10.6 Å². The fourth-order valence-electron chi connectivity index (χ4n) is 2.47. The largest absolute Gasteiger partial charge is 0.481 e. The van der Waals surface area contributed by atoms with Crippen molar-refractivity contribution in [3.05, 3.63) is 0 Å². The highest BCUT2D eigenvalue weighted by molar-refractivity contribution is 5.79. The summed E-state index contributed by atoms with van der Waals surface area (Å²) >= 11 is 0. The number of hydrogen-bond acceptors (Lipinski definition) is 2. The van der Waals surface area contributed by atoms with Crippen molar-refractivity contribution in [2.45, 2.75) is 78.8 Å². The van der Waals surface area contributed by atoms with Crippen LogP contribution in [0.3, 0.4) is 0 Å². The molecule has 0 radical (unpaired) electrons. The number of carboxylic acids is 1. The Morgan fingerprint density at radius 1 is 1.10 bits per heavy atom. The minimum atomic E-state index is -1.04. The molecule has 5 nitrogen and oxygen atoms in total. The molecule has 0 aliphatic heterocycles. The SMILES string of the molecule is CC1(C)CCC(NC(=O)NC(C)(C)C(C)(C)C(=O)O)CC1. The van der Waals surface area contributed by atoms with Crippen molar-refractivity contribution in [1.29, 1.82) is 0 Å². The number of hydrogen-bond donors (Lipinski definition) is 3. The maximum Gasteiger partial charge on any atom is 0.315 e. The fraction of sp³-hybridized carbons (Fsp3) is 0.875. The third kappa shape index (κ3) is 4.35. The third-order valence-electron chi connectivity index (χ3n) is 5.20. The smallest absolute Gasteiger partial charge is 0.315 e. The first kappa shape index (κ1) is 17.8. The lowest BCUT2D eigenvalue weighted by molar-refractivity contribution is -0.150. The van der Waals surface area contributed by atoms with E-state index in [2.05, 4.69) is 24.5 Å². The Bertz CT molecular complexity index is 404. The van der Waals surface area contributed by atoms with Crippen LogP contribution in [0.25, 0.3) is 0 Å². The van der Waals surface area contributed by atoms with Gasteiger partial charge in [-0.3, -0.25) is 4.79 Å². The molecule has 3 N–H and O–H groups in total. The first-order chi connectivity index (χ1) is 9.37. The van der Waals surface area contributed by atoms with Crippen LogP contribution >= 0.6 is 0 Å². The quantitative estimate of drug-likeness (QED) is 0.746. The molecule has 2 amide bonds. The van der Waals surface area contributed by atoms with Crippen LogP contribution < -0.4 is 10.6 Å². The van der Waals surface area contributed by atoms with Gasteiger partial charge in [0.05, 0.1) is 11.0 Å². The first-order valence-electron chi connectivity index (χ1n) is 7.69. The number of urea groups is 1. The van der Waals surface area contributed by atoms with Gasteiger partial charge in [-0.05, 0) is 58.8 Å². The summed E-state index contributed by atoms with van der Waals surface area (Å²) in [6.45, 7) is 11.2. The minimum absolute atomic E-state index is 0.182. The molecule has 0 bridgehead atoms. The molecule has 0 spiro atoms. The summed E-state index contributed by atoms with van der Waals surface area (Å²) in [5, 5.41) is 15.1. The molecular weight excluding hydrogens is 268 g/mol. The molecular formula is C16H30N2O3. The summed E-state index contributed by atoms with van der Waals surface area (Å²) in [5.74, 6) is -0.924. The summed E-state index contributed by atoms with van der Waals surface area (Å²) in [6, 6.07) is -0.0965. The second-order valence-electron chi connectivity index (χ2n) is 8.09. The summed E-state index contributed by atoms with van der Waals surface area (Å²) in [7, 11) is 0. The molecule has 1 saturated carbocycles. The van der Waals surface area contributed by atoms with Gasteiger partial charge in [0.25, 0.3) is 0 Å². The summed E-state index contributed by atoms with van der Waals surface area (Å²) < 4.78 is 0. The van der Waals surface area contributed by atoms with Gasteiger partial charge in [-0.15, -0.1) is 0 Å². The molecule has 5 heteroatoms. The van der Waals surface area contributed by atoms with Crippen LogP contribution in [0.5, 0.6) is 0 Å². The van der Waals surface area contributed by atoms with Gasteiger partial charge in [0, 0.05) is 6.04 Å². The highest BCUT2D eigenvalue weighted by Crippen LogP contribution is 2.35. The molecule has 21 heavy (non-hydrogen) atoms. The number of aliphatic carboxylic acids is 1. The normalized spacial score (nSPS) is 19.9. The Kier molecular flexibility index (Phi) is 4.96. The molecule has 1 rings (SSSR count). The zero-order valence-corrected chi connectivity index (χ0v) is 14.2. The van der Waals surface area contributed by atoms with Gasteiger partial charge in [0.2, 0.25) is 0 Å². The molecule has 0 atom stereocenters. The summed E-state index contributed by atoms with van der Waals surface area (Å²) in [6.07, 6.45) is 4.15. The number of nitrogens with one attached hydrogen (secondary N) is 2. The van der Waals surface area contributed by atoms with E-state index in [1.54, 1.807) is 27.7 Å². The summed E-state index contributed by atoms with van der Waals surface area (Å²) in [5.41, 5.74) is -1.52. The summed E-state index contributed by atoms with van der Waals surface area (Å²) in [4.78, 5) is 23.5. The Balaban J connectivity index is 2.56. The monoisotopic (exact) mass is 298 g/mol. The van der Waals surface area contributed by atoms with Crippen molar-refractivity contribution in [3.8, 4) is 0 Å². The van der Waals surface area contributed by atoms with E-state index in [1.165, 1.54) is 0 Å². The highest BCUT2D eigenvalue weighted by Gasteiger charge is 2.44. The predicted octanol–water partition coefficient (Wildman–Crippen LogP) is 3.14. The van der Waals surface area contributed by atoms with E-state index in [0.29, 0.717) is 5.41 Å². The van der Waals surface area contributed by atoms with E-state index in [4.69, 9.17) is 0 Å². The van der Waals surface area contributed by atoms with E-state index in [9.17, 15) is 14.7 Å². The van der Waals surface area contributed by atoms with Gasteiger partial charge in [0.15, 0.2) is 0 Å². The predicted molar refractivity (Wildman–Crippen MR) is 83.2 cm³/mol. The van der Waals surface area contributed by atoms with Crippen LogP contribution in [-0.2, 0) is 4.79 Å². The molecule has 0 saturated heterocycles. The van der Waals surface area contributed by atoms with E-state index in [-0.39, 0.29) is 12.1 Å². The van der Waals surface area contributed by atoms with Crippen LogP contribution in [0.15, 0.2) is 0 Å². The van der Waals surface area contributed by atoms with E-state index in [1.807, 2.05) is 0 Å². The van der Waals surface area contributed by atoms with Gasteiger partial charge in [-0.25, -0.2) is 4.79 Å². The number of amides is 2. The lowest BCUT2D eigenvalue weighted by Crippen LogP contribution is -2.60. The molecule has 1 aliphatic rings. The van der Waals surface area contributed by atoms with Crippen molar-refractivity contribution < 1.29 is 14.7 Å². The van der Waals surface area contributed by atoms with Crippen LogP contribution in [0, 0.1) is 10.8 Å². The minimum Gasteiger partial charge on any atom is -0.481 e. The van der Waals surface area contributed by atoms with Gasteiger partial charge in [-0.1, -0.05) is 13.8 Å². The lowest BCUT2D eigenvalue weighted by atomic mass is 9.74. The number of carbonyl (C=O) groups is 2. The van der Waals surface area contributed by atoms with E-state index >= 15 is 0 Å². The number of carboxylic acid groups (broad SMARTS) is 1. The average Bonchev–Trinajstić information content (AvgIpc) is 2.30. The van der Waals surface area contributed by atoms with Crippen molar-refractivity contribution in [2.24, 2.45) is 10.8 Å². The van der Waals surface area contributed by atoms with Crippen LogP contribution in [0.4, 0.5) is 4.79 Å². The fourth-order valence-corrected chi connectivity index (χ4v) is 2.47. The molecule has 122 valence electrons. The molecule has 0 unspecified atom stereocenters. The van der Waals surface area contributed by atoms with Gasteiger partial charge in [-0.2, -0.15) is 0 Å². The zero-order valence-electron chi connectivity index (χ0n) is 14.2. The van der Waals surface area contributed by atoms with Gasteiger partial charge < -0.3 is 15.7 Å². The van der Waals surface area contributed by atoms with Crippen molar-refractivity contribution in [3.63, 3.8) is 0 Å². The molecule has 0 aromatic rings. The maximum atomic E-state index is 12.1. The van der Waals surface area contributed by atoms with Crippen molar-refractivity contribution >= 4 is 12.0 Å². The van der Waals surface area contributed by atoms with Crippen LogP contribution in [0.1, 0.15) is 67.2 Å². The topological polar surface area (TPSA) is 78.4 Å². The molecule has 0 heterocycles. The Morgan fingerprint density at radius 2 is 1.57 bits per heavy atom. The Hall–Kier alpha value is -1.26. The Morgan fingerprint density at radius 3 is 2.00 bits per heavy atom. The second kappa shape index (κ2) is 5.85. The van der Waals surface area contributed by atoms with E-state index < -0.39 is 16.9 Å². The second-order valence-corrected chi connectivity index (χ2v) is 8.09. The molecule has 0 aromatic carbocycles. The molecule has 1 fully saturated rings. The molecule has 1 aliphatic carbocycles. The third-order valence-corrected chi connectivity index (χ3v) is 5.20. The lowest BCUT2D eigenvalue weighted by Gasteiger charge is -2.40. The maximum absolute atomic E-state index is 12.1. The van der Waals surface area contributed by atoms with Crippen molar-refractivity contribution in [2.75, 3.05) is 0 Å². The zero-order chi connectivity index (χ0) is 16.5. The number of rotatable bonds is 4.